The van der Waals surface area contributed by atoms with Gasteiger partial charge in [0.15, 0.2) is 11.5 Å². The van der Waals surface area contributed by atoms with Gasteiger partial charge in [0.1, 0.15) is 5.52 Å². The number of carbonyl (C=O) groups is 1. The molecule has 1 aliphatic rings. The van der Waals surface area contributed by atoms with Crippen LogP contribution >= 0.6 is 0 Å². The maximum Gasteiger partial charge on any atom is 0.223 e. The average Bonchev–Trinajstić information content (AvgIpc) is 3.19. The van der Waals surface area contributed by atoms with Crippen molar-refractivity contribution in [1.82, 2.24) is 20.1 Å². The molecule has 0 saturated carbocycles. The fourth-order valence-corrected chi connectivity index (χ4v) is 3.06. The molecule has 1 atom stereocenters. The van der Waals surface area contributed by atoms with Crippen molar-refractivity contribution >= 4 is 17.0 Å². The van der Waals surface area contributed by atoms with Gasteiger partial charge in [-0.25, -0.2) is 4.98 Å². The number of hydrogen-bond acceptors (Lipinski definition) is 4. The van der Waals surface area contributed by atoms with E-state index in [2.05, 4.69) is 15.4 Å². The lowest BCUT2D eigenvalue weighted by Crippen LogP contribution is -2.36. The molecule has 6 nitrogen and oxygen atoms in total. The summed E-state index contributed by atoms with van der Waals surface area (Å²) < 4.78 is 7.63. The van der Waals surface area contributed by atoms with Crippen LogP contribution in [0.4, 0.5) is 0 Å². The SMILES string of the molecule is O=C(NCCc1nc2ccccc2o1)C1CCn2nccc2C1. The van der Waals surface area contributed by atoms with Crippen LogP contribution in [0.1, 0.15) is 18.0 Å². The first kappa shape index (κ1) is 14.0. The summed E-state index contributed by atoms with van der Waals surface area (Å²) in [4.78, 5) is 16.7. The minimum Gasteiger partial charge on any atom is -0.441 e. The number of amides is 1. The molecule has 0 radical (unpaired) electrons. The molecule has 118 valence electrons. The van der Waals surface area contributed by atoms with E-state index in [1.807, 2.05) is 35.0 Å². The van der Waals surface area contributed by atoms with Crippen LogP contribution in [0.15, 0.2) is 40.9 Å². The summed E-state index contributed by atoms with van der Waals surface area (Å²) >= 11 is 0. The van der Waals surface area contributed by atoms with Gasteiger partial charge in [-0.05, 0) is 24.6 Å². The monoisotopic (exact) mass is 310 g/mol. The Morgan fingerprint density at radius 3 is 3.17 bits per heavy atom. The maximum absolute atomic E-state index is 12.3. The van der Waals surface area contributed by atoms with E-state index in [-0.39, 0.29) is 11.8 Å². The summed E-state index contributed by atoms with van der Waals surface area (Å²) in [6, 6.07) is 9.66. The van der Waals surface area contributed by atoms with E-state index in [0.29, 0.717) is 18.9 Å². The Morgan fingerprint density at radius 1 is 1.35 bits per heavy atom. The molecule has 2 aromatic heterocycles. The van der Waals surface area contributed by atoms with Gasteiger partial charge in [0, 0.05) is 43.7 Å². The normalized spacial score (nSPS) is 17.1. The summed E-state index contributed by atoms with van der Waals surface area (Å²) in [7, 11) is 0. The first-order valence-electron chi connectivity index (χ1n) is 7.92. The molecule has 1 unspecified atom stereocenters. The van der Waals surface area contributed by atoms with E-state index in [1.54, 1.807) is 6.20 Å². The highest BCUT2D eigenvalue weighted by atomic mass is 16.3. The third-order valence-corrected chi connectivity index (χ3v) is 4.30. The number of carbonyl (C=O) groups excluding carboxylic acids is 1. The van der Waals surface area contributed by atoms with Crippen molar-refractivity contribution in [1.29, 1.82) is 0 Å². The van der Waals surface area contributed by atoms with Gasteiger partial charge in [-0.3, -0.25) is 9.48 Å². The van der Waals surface area contributed by atoms with Crippen LogP contribution in [0.3, 0.4) is 0 Å². The van der Waals surface area contributed by atoms with Crippen LogP contribution in [0.2, 0.25) is 0 Å². The Hall–Kier alpha value is -2.63. The highest BCUT2D eigenvalue weighted by Gasteiger charge is 2.24. The van der Waals surface area contributed by atoms with Gasteiger partial charge in [0.25, 0.3) is 0 Å². The Bertz CT molecular complexity index is 803. The van der Waals surface area contributed by atoms with Gasteiger partial charge >= 0.3 is 0 Å². The van der Waals surface area contributed by atoms with Gasteiger partial charge in [-0.2, -0.15) is 5.10 Å². The maximum atomic E-state index is 12.3. The first-order chi connectivity index (χ1) is 11.3. The summed E-state index contributed by atoms with van der Waals surface area (Å²) in [5.74, 6) is 0.796. The molecule has 0 spiro atoms. The fourth-order valence-electron chi connectivity index (χ4n) is 3.06. The smallest absolute Gasteiger partial charge is 0.223 e. The Kier molecular flexibility index (Phi) is 3.57. The number of nitrogens with zero attached hydrogens (tertiary/aromatic N) is 3. The molecular formula is C17H18N4O2. The van der Waals surface area contributed by atoms with E-state index in [4.69, 9.17) is 4.42 Å². The predicted molar refractivity (Wildman–Crippen MR) is 84.8 cm³/mol. The zero-order valence-electron chi connectivity index (χ0n) is 12.7. The van der Waals surface area contributed by atoms with Crippen molar-refractivity contribution in [2.75, 3.05) is 6.54 Å². The van der Waals surface area contributed by atoms with E-state index in [1.165, 1.54) is 0 Å². The van der Waals surface area contributed by atoms with Crippen LogP contribution in [0.5, 0.6) is 0 Å². The number of hydrogen-bond donors (Lipinski definition) is 1. The molecule has 1 N–H and O–H groups in total. The van der Waals surface area contributed by atoms with Crippen LogP contribution < -0.4 is 5.32 Å². The van der Waals surface area contributed by atoms with E-state index >= 15 is 0 Å². The third kappa shape index (κ3) is 2.84. The molecule has 3 aromatic rings. The molecule has 4 rings (SSSR count). The fraction of sp³-hybridized carbons (Fsp3) is 0.353. The predicted octanol–water partition coefficient (Wildman–Crippen LogP) is 1.95. The van der Waals surface area contributed by atoms with Gasteiger partial charge in [-0.15, -0.1) is 0 Å². The first-order valence-corrected chi connectivity index (χ1v) is 7.92. The standard InChI is InChI=1S/C17H18N4O2/c22-17(12-7-10-21-13(11-12)5-9-19-21)18-8-6-16-20-14-3-1-2-4-15(14)23-16/h1-5,9,12H,6-8,10-11H2,(H,18,22). The summed E-state index contributed by atoms with van der Waals surface area (Å²) in [5, 5.41) is 7.24. The largest absolute Gasteiger partial charge is 0.441 e. The molecule has 1 aromatic carbocycles. The zero-order valence-corrected chi connectivity index (χ0v) is 12.7. The minimum atomic E-state index is 0.0304. The Labute approximate surface area is 133 Å². The van der Waals surface area contributed by atoms with Crippen LogP contribution in [0.25, 0.3) is 11.1 Å². The quantitative estimate of drug-likeness (QED) is 0.799. The third-order valence-electron chi connectivity index (χ3n) is 4.30. The molecule has 0 aliphatic carbocycles. The van der Waals surface area contributed by atoms with Gasteiger partial charge in [-0.1, -0.05) is 12.1 Å². The average molecular weight is 310 g/mol. The molecule has 3 heterocycles. The van der Waals surface area contributed by atoms with Gasteiger partial charge in [0.05, 0.1) is 0 Å². The molecule has 6 heteroatoms. The Balaban J connectivity index is 1.32. The molecule has 0 fully saturated rings. The molecular weight excluding hydrogens is 292 g/mol. The zero-order chi connectivity index (χ0) is 15.6. The molecule has 0 bridgehead atoms. The van der Waals surface area contributed by atoms with Crippen LogP contribution in [-0.2, 0) is 24.2 Å². The van der Waals surface area contributed by atoms with Crippen molar-refractivity contribution in [2.45, 2.75) is 25.8 Å². The topological polar surface area (TPSA) is 73.0 Å². The lowest BCUT2D eigenvalue weighted by atomic mass is 9.95. The molecule has 0 saturated heterocycles. The number of nitrogens with one attached hydrogen (secondary N) is 1. The second-order valence-electron chi connectivity index (χ2n) is 5.85. The number of para-hydroxylation sites is 2. The molecule has 1 amide bonds. The van der Waals surface area contributed by atoms with Crippen molar-refractivity contribution < 1.29 is 9.21 Å². The molecule has 23 heavy (non-hydrogen) atoms. The summed E-state index contributed by atoms with van der Waals surface area (Å²) in [6.07, 6.45) is 3.99. The van der Waals surface area contributed by atoms with Crippen LogP contribution in [0, 0.1) is 5.92 Å². The van der Waals surface area contributed by atoms with Crippen molar-refractivity contribution in [2.24, 2.45) is 5.92 Å². The number of benzene rings is 1. The van der Waals surface area contributed by atoms with Crippen molar-refractivity contribution in [3.63, 3.8) is 0 Å². The van der Waals surface area contributed by atoms with Crippen LogP contribution in [-0.4, -0.2) is 27.2 Å². The highest BCUT2D eigenvalue weighted by Crippen LogP contribution is 2.19. The van der Waals surface area contributed by atoms with Crippen molar-refractivity contribution in [3.05, 3.63) is 48.1 Å². The summed E-state index contributed by atoms with van der Waals surface area (Å²) in [5.41, 5.74) is 2.78. The number of rotatable bonds is 4. The lowest BCUT2D eigenvalue weighted by Gasteiger charge is -2.22. The second-order valence-corrected chi connectivity index (χ2v) is 5.85. The lowest BCUT2D eigenvalue weighted by molar-refractivity contribution is -0.125. The molecule has 1 aliphatic heterocycles. The summed E-state index contributed by atoms with van der Waals surface area (Å²) in [6.45, 7) is 1.35. The second kappa shape index (κ2) is 5.87. The Morgan fingerprint density at radius 2 is 2.26 bits per heavy atom. The number of aryl methyl sites for hydroxylation is 1. The van der Waals surface area contributed by atoms with Gasteiger partial charge in [0.2, 0.25) is 5.91 Å². The van der Waals surface area contributed by atoms with E-state index in [0.717, 1.165) is 36.2 Å². The van der Waals surface area contributed by atoms with E-state index in [9.17, 15) is 4.79 Å². The number of fused-ring (bicyclic) bond motifs is 2. The highest BCUT2D eigenvalue weighted by molar-refractivity contribution is 5.79. The van der Waals surface area contributed by atoms with Crippen molar-refractivity contribution in [3.8, 4) is 0 Å². The van der Waals surface area contributed by atoms with Gasteiger partial charge < -0.3 is 9.73 Å². The number of oxazole rings is 1. The number of aromatic nitrogens is 3. The minimum absolute atomic E-state index is 0.0304. The van der Waals surface area contributed by atoms with E-state index < -0.39 is 0 Å².